The summed E-state index contributed by atoms with van der Waals surface area (Å²) in [6, 6.07) is 0.283. The van der Waals surface area contributed by atoms with Crippen LogP contribution in [-0.2, 0) is 80.5 Å². The molecule has 6 rings (SSSR count). The lowest BCUT2D eigenvalue weighted by atomic mass is 10.0. The summed E-state index contributed by atoms with van der Waals surface area (Å²) in [6.45, 7) is 23.9. The largest absolute Gasteiger partial charge is 0.389 e. The molecule has 25 heteroatoms. The van der Waals surface area contributed by atoms with Crippen LogP contribution in [0.1, 0.15) is 47.0 Å². The van der Waals surface area contributed by atoms with Crippen LogP contribution < -0.4 is 11.5 Å². The van der Waals surface area contributed by atoms with Gasteiger partial charge in [0.05, 0.1) is 209 Å². The molecule has 0 aromatic carbocycles. The van der Waals surface area contributed by atoms with Crippen LogP contribution >= 0.6 is 0 Å². The van der Waals surface area contributed by atoms with Crippen molar-refractivity contribution in [3.05, 3.63) is 0 Å². The van der Waals surface area contributed by atoms with Crippen LogP contribution in [0.3, 0.4) is 0 Å². The molecule has 25 nitrogen and oxygen atoms in total. The number of aliphatic hydroxyl groups is 4. The molecule has 0 spiro atoms. The lowest BCUT2D eigenvalue weighted by Crippen LogP contribution is -2.46. The van der Waals surface area contributed by atoms with Gasteiger partial charge in [0.25, 0.3) is 0 Å². The van der Waals surface area contributed by atoms with E-state index in [0.29, 0.717) is 157 Å². The maximum Gasteiger partial charge on any atom is 0.104 e. The van der Waals surface area contributed by atoms with Crippen molar-refractivity contribution in [2.45, 2.75) is 132 Å². The smallest absolute Gasteiger partial charge is 0.104 e. The minimum Gasteiger partial charge on any atom is -0.389 e. The normalized spacial score (nSPS) is 24.8. The summed E-state index contributed by atoms with van der Waals surface area (Å²) < 4.78 is 91.0. The summed E-state index contributed by atoms with van der Waals surface area (Å²) in [4.78, 5) is 4.16. The topological polar surface area (TPSA) is 316 Å². The molecular weight excluding hydrogens is 1030 g/mol. The van der Waals surface area contributed by atoms with Gasteiger partial charge in [-0.25, -0.2) is 0 Å². The number of nitrogens with zero attached hydrogens (tertiary/aromatic N) is 2. The van der Waals surface area contributed by atoms with Crippen LogP contribution in [0.4, 0.5) is 0 Å². The molecule has 78 heavy (non-hydrogen) atoms. The Balaban J connectivity index is 0.000000514. The molecular formula is C53H104N4O21. The minimum absolute atomic E-state index is 0.0269. The van der Waals surface area contributed by atoms with E-state index in [1.165, 1.54) is 0 Å². The van der Waals surface area contributed by atoms with E-state index < -0.39 is 24.4 Å². The van der Waals surface area contributed by atoms with E-state index in [1.54, 1.807) is 0 Å². The highest BCUT2D eigenvalue weighted by Gasteiger charge is 2.28. The van der Waals surface area contributed by atoms with Crippen LogP contribution in [0.25, 0.3) is 0 Å². The lowest BCUT2D eigenvalue weighted by molar-refractivity contribution is -0.0372. The van der Waals surface area contributed by atoms with Gasteiger partial charge in [0.2, 0.25) is 0 Å². The summed E-state index contributed by atoms with van der Waals surface area (Å²) >= 11 is 0. The average molecular weight is 1130 g/mol. The average Bonchev–Trinajstić information content (AvgIpc) is 4.17. The Morgan fingerprint density at radius 3 is 0.744 bits per heavy atom. The van der Waals surface area contributed by atoms with Crippen molar-refractivity contribution in [3.63, 3.8) is 0 Å². The molecule has 462 valence electrons. The van der Waals surface area contributed by atoms with Gasteiger partial charge in [-0.2, -0.15) is 0 Å². The van der Waals surface area contributed by atoms with Crippen molar-refractivity contribution in [2.24, 2.45) is 11.5 Å². The first kappa shape index (κ1) is 69.5. The third-order valence-electron chi connectivity index (χ3n) is 12.4. The first-order valence-corrected chi connectivity index (χ1v) is 28.6. The Kier molecular flexibility index (Phi) is 38.9. The quantitative estimate of drug-likeness (QED) is 0.0290. The minimum atomic E-state index is -0.759. The molecule has 0 aliphatic carbocycles. The van der Waals surface area contributed by atoms with E-state index in [-0.39, 0.29) is 75.0 Å². The summed E-state index contributed by atoms with van der Waals surface area (Å²) in [5, 5.41) is 43.6. The number of nitrogens with two attached hydrogens (primary N) is 2. The maximum absolute atomic E-state index is 10.9. The predicted octanol–water partition coefficient (Wildman–Crippen LogP) is -1.78. The summed E-state index contributed by atoms with van der Waals surface area (Å²) in [5.74, 6) is 0. The molecule has 6 fully saturated rings. The Morgan fingerprint density at radius 2 is 0.551 bits per heavy atom. The maximum atomic E-state index is 10.9. The molecule has 6 heterocycles. The molecule has 14 atom stereocenters. The Hall–Kier alpha value is -1.00. The zero-order valence-corrected chi connectivity index (χ0v) is 47.6. The molecule has 6 aliphatic rings. The third-order valence-corrected chi connectivity index (χ3v) is 12.4. The fourth-order valence-electron chi connectivity index (χ4n) is 7.42. The number of rotatable bonds is 53. The Bertz CT molecular complexity index is 1230. The summed E-state index contributed by atoms with van der Waals surface area (Å²) in [7, 11) is 0. The van der Waals surface area contributed by atoms with Crippen molar-refractivity contribution >= 4 is 0 Å². The molecule has 6 saturated heterocycles. The monoisotopic (exact) mass is 1130 g/mol. The molecule has 0 aromatic rings. The standard InChI is InChI=1S/C39H74N2O16.C8H14O4.C6H16N2O/c1-30(40(14-32(42)18-46-6-10-50-22-36-26-54-36)15-33(43)19-47-7-11-51-23-37-27-55-37)4-3-5-31(2)41(16-34(44)20-48-8-12-52-24-38-28-56-38)17-35(45)21-49-9-13-53-25-39-29-57-39;1(9-3-7-5-11-7)2-10-4-8-6-12-8;1-5(7)3-9-4-6(2)8/h30-39,42-45H,3-29H2,1-2H3;7-8H,1-6H2;5-6H,3-4,7-8H2,1-2H3. The fourth-order valence-corrected chi connectivity index (χ4v) is 7.42. The van der Waals surface area contributed by atoms with Gasteiger partial charge in [-0.15, -0.1) is 0 Å². The molecule has 8 N–H and O–H groups in total. The van der Waals surface area contributed by atoms with Gasteiger partial charge in [0.1, 0.15) is 36.6 Å². The zero-order valence-electron chi connectivity index (χ0n) is 47.6. The highest BCUT2D eigenvalue weighted by Crippen LogP contribution is 2.17. The van der Waals surface area contributed by atoms with Gasteiger partial charge in [-0.1, -0.05) is 6.42 Å². The number of epoxide rings is 6. The lowest BCUT2D eigenvalue weighted by Gasteiger charge is -2.34. The van der Waals surface area contributed by atoms with Crippen LogP contribution in [0.5, 0.6) is 0 Å². The Morgan fingerprint density at radius 1 is 0.346 bits per heavy atom. The van der Waals surface area contributed by atoms with E-state index in [0.717, 1.165) is 58.9 Å². The van der Waals surface area contributed by atoms with Crippen molar-refractivity contribution < 1.29 is 101 Å². The predicted molar refractivity (Wildman–Crippen MR) is 285 cm³/mol. The second-order valence-corrected chi connectivity index (χ2v) is 21.1. The molecule has 6 aliphatic heterocycles. The van der Waals surface area contributed by atoms with E-state index in [4.69, 9.17) is 92.0 Å². The van der Waals surface area contributed by atoms with Crippen LogP contribution in [0.2, 0.25) is 0 Å². The summed E-state index contributed by atoms with van der Waals surface area (Å²) in [5.41, 5.74) is 10.8. The first-order chi connectivity index (χ1) is 37.8. The van der Waals surface area contributed by atoms with Crippen LogP contribution in [-0.4, -0.2) is 327 Å². The van der Waals surface area contributed by atoms with Gasteiger partial charge in [-0.05, 0) is 40.5 Å². The van der Waals surface area contributed by atoms with Crippen molar-refractivity contribution in [1.82, 2.24) is 9.80 Å². The summed E-state index contributed by atoms with van der Waals surface area (Å²) in [6.07, 6.45) is 0.884. The van der Waals surface area contributed by atoms with Gasteiger partial charge in [0.15, 0.2) is 0 Å². The number of hydrogen-bond donors (Lipinski definition) is 6. The highest BCUT2D eigenvalue weighted by atomic mass is 16.6. The van der Waals surface area contributed by atoms with E-state index in [1.807, 2.05) is 13.8 Å². The molecule has 14 unspecified atom stereocenters. The van der Waals surface area contributed by atoms with Gasteiger partial charge in [-0.3, -0.25) is 9.80 Å². The van der Waals surface area contributed by atoms with Crippen LogP contribution in [0.15, 0.2) is 0 Å². The zero-order chi connectivity index (χ0) is 56.0. The van der Waals surface area contributed by atoms with E-state index in [9.17, 15) is 20.4 Å². The molecule has 0 bridgehead atoms. The van der Waals surface area contributed by atoms with Gasteiger partial charge in [0, 0.05) is 50.3 Å². The second kappa shape index (κ2) is 43.6. The SMILES string of the molecule is C(COCC1CO1)OCC1CO1.CC(CCCC(C)N(CC(O)COCCOCC1CO1)CC(O)COCCOCC1CO1)N(CC(O)COCCOCC1CO1)CC(O)COCCOCC1CO1.CC(N)COCC(C)N. The molecule has 0 saturated carbocycles. The highest BCUT2D eigenvalue weighted by molar-refractivity contribution is 4.79. The van der Waals surface area contributed by atoms with E-state index >= 15 is 0 Å². The van der Waals surface area contributed by atoms with Crippen molar-refractivity contribution in [2.75, 3.05) is 211 Å². The number of aliphatic hydroxyl groups excluding tert-OH is 4. The molecule has 0 aromatic heterocycles. The fraction of sp³-hybridized carbons (Fsp3) is 1.00. The van der Waals surface area contributed by atoms with Crippen LogP contribution in [0, 0.1) is 0 Å². The number of hydrogen-bond acceptors (Lipinski definition) is 25. The molecule has 0 amide bonds. The second-order valence-electron chi connectivity index (χ2n) is 21.1. The van der Waals surface area contributed by atoms with Crippen molar-refractivity contribution in [3.8, 4) is 0 Å². The van der Waals surface area contributed by atoms with Crippen molar-refractivity contribution in [1.29, 1.82) is 0 Å². The Labute approximate surface area is 464 Å². The first-order valence-electron chi connectivity index (χ1n) is 28.6. The number of ether oxygens (including phenoxy) is 17. The molecule has 0 radical (unpaired) electrons. The third kappa shape index (κ3) is 42.8. The van der Waals surface area contributed by atoms with Gasteiger partial charge >= 0.3 is 0 Å². The van der Waals surface area contributed by atoms with E-state index in [2.05, 4.69) is 23.6 Å². The van der Waals surface area contributed by atoms with Gasteiger partial charge < -0.3 is 112 Å².